The Morgan fingerprint density at radius 1 is 1.00 bits per heavy atom. The fourth-order valence-corrected chi connectivity index (χ4v) is 2.85. The van der Waals surface area contributed by atoms with Gasteiger partial charge in [-0.2, -0.15) is 0 Å². The van der Waals surface area contributed by atoms with Gasteiger partial charge in [0.15, 0.2) is 5.41 Å². The predicted molar refractivity (Wildman–Crippen MR) is 109 cm³/mol. The van der Waals surface area contributed by atoms with Crippen LogP contribution in [0.15, 0.2) is 53.6 Å². The Kier molecular flexibility index (Phi) is 9.02. The maximum absolute atomic E-state index is 12.0. The molecule has 0 aromatic heterocycles. The number of urea groups is 1. The number of carbonyl (C=O) groups is 4. The standard InChI is InChI=1S/C12H12N2O3.C10H16O/c1-2-12(8-6-4-3-5-7-8)9(15)13-11(17)14-10(12)16;1-9(2)5-4-6-10(3)7-8-11/h3-7H,2H2,1H3,(H2,13,14,15,16,17);5,7-8H,4,6H2,1-3H3/b;10-7+. The monoisotopic (exact) mass is 384 g/mol. The smallest absolute Gasteiger partial charge is 0.299 e. The Hall–Kier alpha value is -3.02. The second-order valence-electron chi connectivity index (χ2n) is 6.83. The van der Waals surface area contributed by atoms with Crippen molar-refractivity contribution in [3.05, 3.63) is 59.2 Å². The van der Waals surface area contributed by atoms with Crippen molar-refractivity contribution < 1.29 is 19.2 Å². The van der Waals surface area contributed by atoms with E-state index in [0.717, 1.165) is 24.7 Å². The number of barbiturate groups is 1. The second-order valence-corrected chi connectivity index (χ2v) is 6.83. The van der Waals surface area contributed by atoms with Crippen LogP contribution < -0.4 is 10.6 Å². The van der Waals surface area contributed by atoms with Crippen LogP contribution in [0.1, 0.15) is 52.5 Å². The van der Waals surface area contributed by atoms with Crippen LogP contribution in [0.3, 0.4) is 0 Å². The van der Waals surface area contributed by atoms with Gasteiger partial charge in [0.2, 0.25) is 11.8 Å². The first-order valence-corrected chi connectivity index (χ1v) is 9.24. The molecule has 6 nitrogen and oxygen atoms in total. The number of hydrogen-bond donors (Lipinski definition) is 2. The van der Waals surface area contributed by atoms with Gasteiger partial charge >= 0.3 is 6.03 Å². The maximum Gasteiger partial charge on any atom is 0.328 e. The van der Waals surface area contributed by atoms with Gasteiger partial charge < -0.3 is 0 Å². The molecule has 0 bridgehead atoms. The zero-order valence-electron chi connectivity index (χ0n) is 16.9. The van der Waals surface area contributed by atoms with E-state index in [1.54, 1.807) is 43.3 Å². The lowest BCUT2D eigenvalue weighted by Gasteiger charge is -2.33. The third-order valence-corrected chi connectivity index (χ3v) is 4.47. The summed E-state index contributed by atoms with van der Waals surface area (Å²) in [6.45, 7) is 7.88. The molecule has 1 aromatic rings. The van der Waals surface area contributed by atoms with Gasteiger partial charge in [-0.1, -0.05) is 54.5 Å². The molecule has 0 unspecified atom stereocenters. The van der Waals surface area contributed by atoms with Crippen molar-refractivity contribution in [2.45, 2.75) is 52.4 Å². The molecule has 6 heteroatoms. The van der Waals surface area contributed by atoms with E-state index in [9.17, 15) is 19.2 Å². The fraction of sp³-hybridized carbons (Fsp3) is 0.364. The summed E-state index contributed by atoms with van der Waals surface area (Å²) < 4.78 is 0. The predicted octanol–water partition coefficient (Wildman–Crippen LogP) is 3.58. The molecule has 1 fully saturated rings. The van der Waals surface area contributed by atoms with Crippen LogP contribution in [0, 0.1) is 0 Å². The zero-order valence-corrected chi connectivity index (χ0v) is 16.9. The van der Waals surface area contributed by atoms with Crippen molar-refractivity contribution in [3.8, 4) is 0 Å². The Morgan fingerprint density at radius 2 is 1.57 bits per heavy atom. The van der Waals surface area contributed by atoms with E-state index in [-0.39, 0.29) is 0 Å². The van der Waals surface area contributed by atoms with Gasteiger partial charge in [0.25, 0.3) is 0 Å². The first-order valence-electron chi connectivity index (χ1n) is 9.24. The molecule has 0 spiro atoms. The van der Waals surface area contributed by atoms with E-state index in [1.165, 1.54) is 5.57 Å². The number of benzene rings is 1. The average Bonchev–Trinajstić information content (AvgIpc) is 2.63. The van der Waals surface area contributed by atoms with E-state index in [0.29, 0.717) is 12.0 Å². The Morgan fingerprint density at radius 3 is 2.04 bits per heavy atom. The molecule has 0 aliphatic carbocycles. The molecule has 1 saturated heterocycles. The van der Waals surface area contributed by atoms with Gasteiger partial charge in [-0.05, 0) is 51.7 Å². The van der Waals surface area contributed by atoms with Crippen molar-refractivity contribution in [2.75, 3.05) is 0 Å². The molecule has 28 heavy (non-hydrogen) atoms. The van der Waals surface area contributed by atoms with E-state index in [4.69, 9.17) is 0 Å². The number of carbonyl (C=O) groups excluding carboxylic acids is 4. The zero-order chi connectivity index (χ0) is 21.2. The van der Waals surface area contributed by atoms with Gasteiger partial charge in [-0.3, -0.25) is 25.0 Å². The molecule has 0 atom stereocenters. The third-order valence-electron chi connectivity index (χ3n) is 4.47. The lowest BCUT2D eigenvalue weighted by molar-refractivity contribution is -0.138. The molecule has 2 N–H and O–H groups in total. The van der Waals surface area contributed by atoms with Crippen LogP contribution in [0.4, 0.5) is 4.79 Å². The highest BCUT2D eigenvalue weighted by atomic mass is 16.2. The van der Waals surface area contributed by atoms with E-state index >= 15 is 0 Å². The molecule has 1 aliphatic heterocycles. The van der Waals surface area contributed by atoms with Crippen molar-refractivity contribution in [1.29, 1.82) is 0 Å². The Bertz CT molecular complexity index is 755. The Labute approximate surface area is 166 Å². The molecule has 0 saturated carbocycles. The summed E-state index contributed by atoms with van der Waals surface area (Å²) in [5.74, 6) is -1.14. The fourth-order valence-electron chi connectivity index (χ4n) is 2.85. The van der Waals surface area contributed by atoms with Gasteiger partial charge in [0.05, 0.1) is 0 Å². The van der Waals surface area contributed by atoms with Crippen LogP contribution >= 0.6 is 0 Å². The minimum atomic E-state index is -1.31. The average molecular weight is 384 g/mol. The van der Waals surface area contributed by atoms with Crippen molar-refractivity contribution in [1.82, 2.24) is 10.6 Å². The Balaban J connectivity index is 0.000000311. The van der Waals surface area contributed by atoms with Gasteiger partial charge in [-0.15, -0.1) is 0 Å². The van der Waals surface area contributed by atoms with Crippen molar-refractivity contribution in [2.24, 2.45) is 0 Å². The van der Waals surface area contributed by atoms with Gasteiger partial charge in [-0.25, -0.2) is 4.79 Å². The molecule has 1 heterocycles. The largest absolute Gasteiger partial charge is 0.328 e. The first-order chi connectivity index (χ1) is 13.3. The highest BCUT2D eigenvalue weighted by molar-refractivity contribution is 6.22. The normalized spacial score (nSPS) is 15.6. The molecule has 1 aliphatic rings. The lowest BCUT2D eigenvalue weighted by atomic mass is 9.75. The lowest BCUT2D eigenvalue weighted by Crippen LogP contribution is -2.64. The molecule has 0 radical (unpaired) electrons. The number of rotatable bonds is 6. The van der Waals surface area contributed by atoms with E-state index in [1.807, 2.05) is 6.92 Å². The number of aldehydes is 1. The van der Waals surface area contributed by atoms with Gasteiger partial charge in [0.1, 0.15) is 6.29 Å². The minimum absolute atomic E-state index is 0.294. The quantitative estimate of drug-likeness (QED) is 0.339. The first kappa shape index (κ1) is 23.0. The van der Waals surface area contributed by atoms with E-state index < -0.39 is 23.3 Å². The number of allylic oxidation sites excluding steroid dienone is 4. The summed E-state index contributed by atoms with van der Waals surface area (Å²) in [5, 5.41) is 4.28. The summed E-state index contributed by atoms with van der Waals surface area (Å²) >= 11 is 0. The van der Waals surface area contributed by atoms with Crippen molar-refractivity contribution >= 4 is 24.1 Å². The summed E-state index contributed by atoms with van der Waals surface area (Å²) in [6, 6.07) is 7.96. The van der Waals surface area contributed by atoms with Crippen LogP contribution in [0.5, 0.6) is 0 Å². The van der Waals surface area contributed by atoms with Gasteiger partial charge in [0, 0.05) is 0 Å². The molecular weight excluding hydrogens is 356 g/mol. The van der Waals surface area contributed by atoms with Crippen LogP contribution in [-0.4, -0.2) is 24.1 Å². The second kappa shape index (κ2) is 11.0. The highest BCUT2D eigenvalue weighted by Crippen LogP contribution is 2.30. The number of imide groups is 2. The number of hydrogen-bond acceptors (Lipinski definition) is 4. The SMILES string of the molecule is CC(C)=CCC/C(C)=C/C=O.CCC1(c2ccccc2)C(=O)NC(=O)NC1=O. The van der Waals surface area contributed by atoms with Crippen molar-refractivity contribution in [3.63, 3.8) is 0 Å². The van der Waals surface area contributed by atoms with Crippen LogP contribution in [0.25, 0.3) is 0 Å². The maximum atomic E-state index is 12.0. The molecule has 4 amide bonds. The topological polar surface area (TPSA) is 92.3 Å². The molecular formula is C22H28N2O4. The highest BCUT2D eigenvalue weighted by Gasteiger charge is 2.50. The summed E-state index contributed by atoms with van der Waals surface area (Å²) in [5.41, 5.74) is 1.77. The van der Waals surface area contributed by atoms with Crippen LogP contribution in [-0.2, 0) is 19.8 Å². The van der Waals surface area contributed by atoms with Crippen LogP contribution in [0.2, 0.25) is 0 Å². The summed E-state index contributed by atoms with van der Waals surface area (Å²) in [6.07, 6.45) is 6.98. The summed E-state index contributed by atoms with van der Waals surface area (Å²) in [7, 11) is 0. The minimum Gasteiger partial charge on any atom is -0.299 e. The number of nitrogens with one attached hydrogen (secondary N) is 2. The summed E-state index contributed by atoms with van der Waals surface area (Å²) in [4.78, 5) is 45.0. The number of amides is 4. The third kappa shape index (κ3) is 6.01. The molecule has 1 aromatic carbocycles. The molecule has 150 valence electrons. The van der Waals surface area contributed by atoms with E-state index in [2.05, 4.69) is 30.6 Å². The molecule has 2 rings (SSSR count).